The Kier molecular flexibility index (Phi) is 5.46. The van der Waals surface area contributed by atoms with Gasteiger partial charge in [0.2, 0.25) is 5.91 Å². The van der Waals surface area contributed by atoms with Gasteiger partial charge in [-0.3, -0.25) is 9.59 Å². The third-order valence-corrected chi connectivity index (χ3v) is 6.04. The zero-order valence-corrected chi connectivity index (χ0v) is 16.3. The molecule has 2 heterocycles. The minimum atomic E-state index is -0.190. The number of hydrogen-bond donors (Lipinski definition) is 1. The summed E-state index contributed by atoms with van der Waals surface area (Å²) in [6, 6.07) is 8.54. The molecule has 2 aliphatic rings. The summed E-state index contributed by atoms with van der Waals surface area (Å²) < 4.78 is 5.10. The van der Waals surface area contributed by atoms with Crippen LogP contribution in [0.3, 0.4) is 0 Å². The Morgan fingerprint density at radius 1 is 1.14 bits per heavy atom. The Morgan fingerprint density at radius 2 is 1.89 bits per heavy atom. The molecule has 4 rings (SSSR count). The van der Waals surface area contributed by atoms with Crippen LogP contribution in [0.5, 0.6) is 0 Å². The summed E-state index contributed by atoms with van der Waals surface area (Å²) in [6.07, 6.45) is 6.64. The van der Waals surface area contributed by atoms with Crippen LogP contribution in [0.1, 0.15) is 59.5 Å². The molecule has 0 spiro atoms. The third-order valence-electron chi connectivity index (χ3n) is 6.04. The highest BCUT2D eigenvalue weighted by molar-refractivity contribution is 5.93. The van der Waals surface area contributed by atoms with E-state index in [2.05, 4.69) is 34.6 Å². The van der Waals surface area contributed by atoms with Crippen molar-refractivity contribution >= 4 is 11.8 Å². The quantitative estimate of drug-likeness (QED) is 0.886. The van der Waals surface area contributed by atoms with Gasteiger partial charge in [0.25, 0.3) is 5.91 Å². The minimum absolute atomic E-state index is 0.0622. The van der Waals surface area contributed by atoms with Gasteiger partial charge in [-0.15, -0.1) is 0 Å². The van der Waals surface area contributed by atoms with Crippen LogP contribution in [0.15, 0.2) is 35.1 Å². The lowest BCUT2D eigenvalue weighted by Crippen LogP contribution is -2.42. The van der Waals surface area contributed by atoms with Crippen molar-refractivity contribution in [2.75, 3.05) is 6.54 Å². The number of nitrogens with one attached hydrogen (secondary N) is 1. The zero-order valence-electron chi connectivity index (χ0n) is 16.3. The number of amides is 2. The highest BCUT2D eigenvalue weighted by Gasteiger charge is 2.31. The molecule has 0 bridgehead atoms. The Hall–Kier alpha value is -2.63. The van der Waals surface area contributed by atoms with Crippen molar-refractivity contribution in [1.29, 1.82) is 0 Å². The number of fused-ring (bicyclic) bond motifs is 1. The van der Waals surface area contributed by atoms with Crippen molar-refractivity contribution in [3.63, 3.8) is 0 Å². The van der Waals surface area contributed by atoms with Crippen LogP contribution < -0.4 is 5.32 Å². The van der Waals surface area contributed by atoms with Crippen LogP contribution in [0.25, 0.3) is 0 Å². The maximum atomic E-state index is 13.1. The predicted molar refractivity (Wildman–Crippen MR) is 105 cm³/mol. The van der Waals surface area contributed by atoms with Crippen molar-refractivity contribution in [3.8, 4) is 0 Å². The van der Waals surface area contributed by atoms with Crippen LogP contribution in [0.2, 0.25) is 0 Å². The van der Waals surface area contributed by atoms with E-state index in [1.54, 1.807) is 6.92 Å². The minimum Gasteiger partial charge on any atom is -0.448 e. The normalized spacial score (nSPS) is 22.2. The van der Waals surface area contributed by atoms with Gasteiger partial charge in [-0.2, -0.15) is 0 Å². The average molecular weight is 381 g/mol. The largest absolute Gasteiger partial charge is 0.448 e. The average Bonchev–Trinajstić information content (AvgIpc) is 3.02. The predicted octanol–water partition coefficient (Wildman–Crippen LogP) is 3.25. The van der Waals surface area contributed by atoms with Crippen molar-refractivity contribution in [1.82, 2.24) is 15.2 Å². The second-order valence-corrected chi connectivity index (χ2v) is 7.91. The summed E-state index contributed by atoms with van der Waals surface area (Å²) in [4.78, 5) is 31.4. The Balaban J connectivity index is 1.32. The highest BCUT2D eigenvalue weighted by Crippen LogP contribution is 2.28. The van der Waals surface area contributed by atoms with E-state index in [0.717, 1.165) is 51.6 Å². The van der Waals surface area contributed by atoms with Crippen molar-refractivity contribution in [3.05, 3.63) is 53.2 Å². The lowest BCUT2D eigenvalue weighted by molar-refractivity contribution is -0.137. The second kappa shape index (κ2) is 8.17. The summed E-state index contributed by atoms with van der Waals surface area (Å²) in [7, 11) is 0. The standard InChI is InChI=1S/C22H27N3O3/c1-15-20(23-14-28-15)21(26)24-19-10-8-17(9-11-19)22(27)25-12-4-7-16-5-2-3-6-18(16)13-25/h2-3,5-6,14,17,19H,4,7-13H2,1H3,(H,24,26). The van der Waals surface area contributed by atoms with Gasteiger partial charge in [0.05, 0.1) is 0 Å². The van der Waals surface area contributed by atoms with E-state index >= 15 is 0 Å². The van der Waals surface area contributed by atoms with E-state index in [-0.39, 0.29) is 23.8 Å². The van der Waals surface area contributed by atoms with Gasteiger partial charge in [-0.05, 0) is 56.6 Å². The van der Waals surface area contributed by atoms with Gasteiger partial charge in [-0.25, -0.2) is 4.98 Å². The number of carbonyl (C=O) groups excluding carboxylic acids is 2. The first-order valence-corrected chi connectivity index (χ1v) is 10.2. The third kappa shape index (κ3) is 3.96. The van der Waals surface area contributed by atoms with Crippen molar-refractivity contribution in [2.24, 2.45) is 5.92 Å². The molecule has 6 heteroatoms. The number of carbonyl (C=O) groups is 2. The lowest BCUT2D eigenvalue weighted by Gasteiger charge is -2.32. The molecule has 2 aromatic rings. The summed E-state index contributed by atoms with van der Waals surface area (Å²) in [5.74, 6) is 0.675. The molecule has 1 saturated carbocycles. The maximum absolute atomic E-state index is 13.1. The molecule has 2 amide bonds. The Labute approximate surface area is 165 Å². The fourth-order valence-corrected chi connectivity index (χ4v) is 4.41. The summed E-state index contributed by atoms with van der Waals surface area (Å²) >= 11 is 0. The van der Waals surface area contributed by atoms with E-state index in [1.165, 1.54) is 17.5 Å². The number of oxazole rings is 1. The summed E-state index contributed by atoms with van der Waals surface area (Å²) in [5, 5.41) is 3.04. The smallest absolute Gasteiger partial charge is 0.273 e. The number of aryl methyl sites for hydroxylation is 2. The molecule has 0 saturated heterocycles. The molecule has 148 valence electrons. The monoisotopic (exact) mass is 381 g/mol. The Morgan fingerprint density at radius 3 is 2.61 bits per heavy atom. The molecule has 0 unspecified atom stereocenters. The van der Waals surface area contributed by atoms with Crippen LogP contribution in [0.4, 0.5) is 0 Å². The number of rotatable bonds is 3. The van der Waals surface area contributed by atoms with Crippen molar-refractivity contribution < 1.29 is 14.0 Å². The first-order valence-electron chi connectivity index (χ1n) is 10.2. The molecule has 1 aromatic carbocycles. The molecule has 1 N–H and O–H groups in total. The zero-order chi connectivity index (χ0) is 19.5. The first-order chi connectivity index (χ1) is 13.6. The summed E-state index contributed by atoms with van der Waals surface area (Å²) in [6.45, 7) is 3.28. The Bertz CT molecular complexity index is 852. The number of hydrogen-bond acceptors (Lipinski definition) is 4. The second-order valence-electron chi connectivity index (χ2n) is 7.91. The van der Waals surface area contributed by atoms with Crippen molar-refractivity contribution in [2.45, 2.75) is 58.0 Å². The fourth-order valence-electron chi connectivity index (χ4n) is 4.41. The molecule has 1 aliphatic carbocycles. The lowest BCUT2D eigenvalue weighted by atomic mass is 9.85. The maximum Gasteiger partial charge on any atom is 0.273 e. The highest BCUT2D eigenvalue weighted by atomic mass is 16.3. The van der Waals surface area contributed by atoms with E-state index in [9.17, 15) is 9.59 Å². The molecule has 6 nitrogen and oxygen atoms in total. The number of aromatic nitrogens is 1. The van der Waals surface area contributed by atoms with Gasteiger partial charge in [0, 0.05) is 25.0 Å². The van der Waals surface area contributed by atoms with Gasteiger partial charge >= 0.3 is 0 Å². The molecule has 1 aromatic heterocycles. The van der Waals surface area contributed by atoms with Crippen LogP contribution in [-0.2, 0) is 17.8 Å². The van der Waals surface area contributed by atoms with E-state index < -0.39 is 0 Å². The number of benzene rings is 1. The molecule has 0 atom stereocenters. The van der Waals surface area contributed by atoms with Gasteiger partial charge in [-0.1, -0.05) is 24.3 Å². The van der Waals surface area contributed by atoms with Crippen LogP contribution >= 0.6 is 0 Å². The topological polar surface area (TPSA) is 75.4 Å². The fraction of sp³-hybridized carbons (Fsp3) is 0.500. The van der Waals surface area contributed by atoms with Gasteiger partial charge in [0.1, 0.15) is 5.76 Å². The van der Waals surface area contributed by atoms with E-state index in [4.69, 9.17) is 4.42 Å². The molecule has 0 radical (unpaired) electrons. The molecule has 28 heavy (non-hydrogen) atoms. The summed E-state index contributed by atoms with van der Waals surface area (Å²) in [5.41, 5.74) is 2.99. The van der Waals surface area contributed by atoms with Crippen LogP contribution in [-0.4, -0.2) is 34.3 Å². The van der Waals surface area contributed by atoms with E-state index in [1.807, 2.05) is 4.90 Å². The van der Waals surface area contributed by atoms with E-state index in [0.29, 0.717) is 11.5 Å². The van der Waals surface area contributed by atoms with Crippen LogP contribution in [0, 0.1) is 12.8 Å². The molecular weight excluding hydrogens is 354 g/mol. The number of nitrogens with zero attached hydrogens (tertiary/aromatic N) is 2. The molecule has 1 aliphatic heterocycles. The molecular formula is C22H27N3O3. The van der Waals surface area contributed by atoms with Gasteiger partial charge < -0.3 is 14.6 Å². The first kappa shape index (κ1) is 18.7. The SMILES string of the molecule is Cc1ocnc1C(=O)NC1CCC(C(=O)N2CCCc3ccccc3C2)CC1. The van der Waals surface area contributed by atoms with Gasteiger partial charge in [0.15, 0.2) is 12.1 Å². The molecule has 1 fully saturated rings.